The van der Waals surface area contributed by atoms with E-state index in [1.807, 2.05) is 0 Å². The van der Waals surface area contributed by atoms with Crippen molar-refractivity contribution < 1.29 is 19.7 Å². The summed E-state index contributed by atoms with van der Waals surface area (Å²) in [6.07, 6.45) is 5.31. The zero-order valence-electron chi connectivity index (χ0n) is 10.4. The van der Waals surface area contributed by atoms with Gasteiger partial charge in [-0.3, -0.25) is 4.79 Å². The van der Waals surface area contributed by atoms with E-state index >= 15 is 0 Å². The van der Waals surface area contributed by atoms with Crippen molar-refractivity contribution in [2.24, 2.45) is 0 Å². The summed E-state index contributed by atoms with van der Waals surface area (Å²) in [6.45, 7) is 2.63. The lowest BCUT2D eigenvalue weighted by Gasteiger charge is -2.11. The number of aliphatic hydroxyl groups excluding tert-OH is 1. The molecule has 0 aromatic heterocycles. The largest absolute Gasteiger partial charge is 0.484 e. The summed E-state index contributed by atoms with van der Waals surface area (Å²) in [4.78, 5) is 10.3. The third kappa shape index (κ3) is 10.2. The molecule has 0 aromatic rings. The van der Waals surface area contributed by atoms with Crippen LogP contribution in [0.1, 0.15) is 51.9 Å². The highest BCUT2D eigenvalue weighted by Crippen LogP contribution is 2.06. The van der Waals surface area contributed by atoms with Gasteiger partial charge in [0, 0.05) is 0 Å². The predicted octanol–water partition coefficient (Wildman–Crippen LogP) is 2.53. The maximum absolute atomic E-state index is 10.3. The minimum Gasteiger partial charge on any atom is -0.484 e. The molecular weight excluding hydrogens is 240 g/mol. The molecule has 0 spiro atoms. The van der Waals surface area contributed by atoms with E-state index in [4.69, 9.17) is 22.1 Å². The zero-order chi connectivity index (χ0) is 13.1. The second-order valence-electron chi connectivity index (χ2n) is 4.05. The van der Waals surface area contributed by atoms with Crippen LogP contribution in [0.2, 0.25) is 0 Å². The minimum atomic E-state index is -1.18. The fraction of sp³-hybridized carbons (Fsp3) is 0.833. The van der Waals surface area contributed by atoms with E-state index < -0.39 is 18.5 Å². The molecule has 0 aliphatic carbocycles. The lowest BCUT2D eigenvalue weighted by Crippen LogP contribution is -2.24. The summed E-state index contributed by atoms with van der Waals surface area (Å²) in [7, 11) is 0. The molecular formula is C12H22O4S. The number of thiocarbonyl (C=S) groups is 1. The van der Waals surface area contributed by atoms with Crippen molar-refractivity contribution in [2.75, 3.05) is 6.61 Å². The topological polar surface area (TPSA) is 66.8 Å². The normalized spacial score (nSPS) is 12.1. The molecule has 0 bridgehead atoms. The molecule has 0 aliphatic rings. The predicted molar refractivity (Wildman–Crippen MR) is 70.2 cm³/mol. The van der Waals surface area contributed by atoms with Crippen LogP contribution < -0.4 is 0 Å². The van der Waals surface area contributed by atoms with E-state index in [-0.39, 0.29) is 5.05 Å². The molecule has 17 heavy (non-hydrogen) atoms. The lowest BCUT2D eigenvalue weighted by molar-refractivity contribution is -0.138. The highest BCUT2D eigenvalue weighted by molar-refractivity contribution is 7.80. The molecule has 0 fully saturated rings. The van der Waals surface area contributed by atoms with E-state index in [1.165, 1.54) is 25.7 Å². The fourth-order valence-electron chi connectivity index (χ4n) is 1.40. The molecule has 0 rings (SSSR count). The van der Waals surface area contributed by atoms with Gasteiger partial charge in [0.15, 0.2) is 5.05 Å². The van der Waals surface area contributed by atoms with E-state index in [0.29, 0.717) is 6.61 Å². The van der Waals surface area contributed by atoms with Crippen molar-refractivity contribution in [1.29, 1.82) is 0 Å². The summed E-state index contributed by atoms with van der Waals surface area (Å²) in [5.74, 6) is -1.08. The van der Waals surface area contributed by atoms with Crippen LogP contribution in [0.25, 0.3) is 0 Å². The number of unbranched alkanes of at least 4 members (excludes halogenated alkanes) is 5. The average molecular weight is 262 g/mol. The van der Waals surface area contributed by atoms with Crippen LogP contribution in [0.15, 0.2) is 0 Å². The molecule has 0 radical (unpaired) electrons. The quantitative estimate of drug-likeness (QED) is 0.468. The van der Waals surface area contributed by atoms with Crippen molar-refractivity contribution in [3.05, 3.63) is 0 Å². The highest BCUT2D eigenvalue weighted by atomic mass is 32.1. The van der Waals surface area contributed by atoms with Gasteiger partial charge in [-0.15, -0.1) is 0 Å². The number of hydrogen-bond acceptors (Lipinski definition) is 4. The molecule has 2 N–H and O–H groups in total. The summed E-state index contributed by atoms with van der Waals surface area (Å²) >= 11 is 4.78. The molecule has 5 heteroatoms. The summed E-state index contributed by atoms with van der Waals surface area (Å²) in [6, 6.07) is 0. The van der Waals surface area contributed by atoms with Gasteiger partial charge in [0.05, 0.1) is 13.0 Å². The number of ether oxygens (including phenoxy) is 1. The van der Waals surface area contributed by atoms with Gasteiger partial charge in [0.25, 0.3) is 0 Å². The number of carbonyl (C=O) groups is 1. The first kappa shape index (κ1) is 16.3. The van der Waals surface area contributed by atoms with E-state index in [2.05, 4.69) is 6.92 Å². The Morgan fingerprint density at radius 1 is 1.24 bits per heavy atom. The van der Waals surface area contributed by atoms with Crippen LogP contribution >= 0.6 is 12.2 Å². The van der Waals surface area contributed by atoms with Crippen LogP contribution in [0.4, 0.5) is 0 Å². The molecule has 0 amide bonds. The van der Waals surface area contributed by atoms with Crippen LogP contribution in [-0.2, 0) is 9.53 Å². The van der Waals surface area contributed by atoms with Gasteiger partial charge < -0.3 is 14.9 Å². The van der Waals surface area contributed by atoms with Crippen molar-refractivity contribution in [1.82, 2.24) is 0 Å². The maximum atomic E-state index is 10.3. The second-order valence-corrected chi connectivity index (χ2v) is 4.45. The van der Waals surface area contributed by atoms with Crippen LogP contribution in [0.5, 0.6) is 0 Å². The van der Waals surface area contributed by atoms with Crippen molar-refractivity contribution >= 4 is 23.2 Å². The van der Waals surface area contributed by atoms with Crippen molar-refractivity contribution in [3.8, 4) is 0 Å². The zero-order valence-corrected chi connectivity index (χ0v) is 11.2. The third-order valence-corrected chi connectivity index (χ3v) is 2.77. The van der Waals surface area contributed by atoms with Gasteiger partial charge in [-0.2, -0.15) is 0 Å². The molecule has 1 atom stereocenters. The Hall–Kier alpha value is -0.680. The van der Waals surface area contributed by atoms with Crippen molar-refractivity contribution in [3.63, 3.8) is 0 Å². The van der Waals surface area contributed by atoms with Crippen LogP contribution in [0.3, 0.4) is 0 Å². The minimum absolute atomic E-state index is 0.0130. The Kier molecular flexibility index (Phi) is 10.1. The molecule has 0 aromatic carbocycles. The molecule has 1 unspecified atom stereocenters. The van der Waals surface area contributed by atoms with Gasteiger partial charge in [0.2, 0.25) is 0 Å². The average Bonchev–Trinajstić information content (AvgIpc) is 2.26. The maximum Gasteiger partial charge on any atom is 0.306 e. The van der Waals surface area contributed by atoms with E-state index in [0.717, 1.165) is 12.8 Å². The summed E-state index contributed by atoms with van der Waals surface area (Å²) in [5, 5.41) is 17.8. The Morgan fingerprint density at radius 3 is 2.41 bits per heavy atom. The summed E-state index contributed by atoms with van der Waals surface area (Å²) in [5.41, 5.74) is 0. The number of carboxylic acids is 1. The van der Waals surface area contributed by atoms with Crippen LogP contribution in [-0.4, -0.2) is 33.9 Å². The molecule has 0 saturated heterocycles. The Labute approximate surface area is 108 Å². The van der Waals surface area contributed by atoms with E-state index in [9.17, 15) is 9.90 Å². The number of aliphatic carboxylic acids is 1. The Balaban J connectivity index is 3.41. The number of hydrogen-bond donors (Lipinski definition) is 2. The molecule has 0 heterocycles. The Bertz CT molecular complexity index is 231. The lowest BCUT2D eigenvalue weighted by atomic mass is 10.1. The second kappa shape index (κ2) is 10.5. The third-order valence-electron chi connectivity index (χ3n) is 2.38. The first-order valence-corrected chi connectivity index (χ1v) is 6.55. The Morgan fingerprint density at radius 2 is 1.82 bits per heavy atom. The fourth-order valence-corrected chi connectivity index (χ4v) is 1.57. The summed E-state index contributed by atoms with van der Waals surface area (Å²) < 4.78 is 5.13. The highest BCUT2D eigenvalue weighted by Gasteiger charge is 2.15. The van der Waals surface area contributed by atoms with Gasteiger partial charge in [0.1, 0.15) is 6.10 Å². The van der Waals surface area contributed by atoms with Gasteiger partial charge in [-0.05, 0) is 18.6 Å². The first-order valence-electron chi connectivity index (χ1n) is 6.14. The SMILES string of the molecule is CCCCCCCCOC(=S)C(O)CC(=O)O. The first-order chi connectivity index (χ1) is 8.07. The standard InChI is InChI=1S/C12H22O4S/c1-2-3-4-5-6-7-8-16-12(17)10(13)9-11(14)15/h10,13H,2-9H2,1H3,(H,14,15). The van der Waals surface area contributed by atoms with E-state index in [1.54, 1.807) is 0 Å². The van der Waals surface area contributed by atoms with Crippen molar-refractivity contribution in [2.45, 2.75) is 58.0 Å². The number of aliphatic hydroxyl groups is 1. The molecule has 4 nitrogen and oxygen atoms in total. The number of carboxylic acid groups (broad SMARTS) is 1. The monoisotopic (exact) mass is 262 g/mol. The van der Waals surface area contributed by atoms with Gasteiger partial charge in [-0.1, -0.05) is 39.0 Å². The van der Waals surface area contributed by atoms with Crippen LogP contribution in [0, 0.1) is 0 Å². The molecule has 0 aliphatic heterocycles. The van der Waals surface area contributed by atoms with Gasteiger partial charge >= 0.3 is 5.97 Å². The number of rotatable bonds is 10. The molecule has 0 saturated carbocycles. The van der Waals surface area contributed by atoms with Gasteiger partial charge in [-0.25, -0.2) is 0 Å². The molecule has 100 valence electrons. The smallest absolute Gasteiger partial charge is 0.306 e.